The maximum atomic E-state index is 11.7. The molecule has 20 heavy (non-hydrogen) atoms. The first kappa shape index (κ1) is 15.8. The molecule has 1 heterocycles. The van der Waals surface area contributed by atoms with Crippen molar-refractivity contribution in [2.45, 2.75) is 33.6 Å². The van der Waals surface area contributed by atoms with Crippen LogP contribution in [0.25, 0.3) is 0 Å². The first-order chi connectivity index (χ1) is 9.59. The normalized spacial score (nSPS) is 11.4. The van der Waals surface area contributed by atoms with E-state index in [0.29, 0.717) is 5.56 Å². The standard InChI is InChI=1S/C16H21N3O/c1-13(2)5-4-6-14(3)7-12-18-19-16(20)15-8-10-17-11-9-15/h5,7-12H,4,6H2,1-3H3,(H,19,20)/b14-7-,18-12?. The molecular weight excluding hydrogens is 250 g/mol. The minimum Gasteiger partial charge on any atom is -0.267 e. The lowest BCUT2D eigenvalue weighted by molar-refractivity contribution is 0.0955. The number of rotatable bonds is 6. The zero-order chi connectivity index (χ0) is 14.8. The minimum atomic E-state index is -0.237. The van der Waals surface area contributed by atoms with E-state index in [-0.39, 0.29) is 5.91 Å². The smallest absolute Gasteiger partial charge is 0.267 e. The first-order valence-electron chi connectivity index (χ1n) is 6.62. The van der Waals surface area contributed by atoms with E-state index < -0.39 is 0 Å². The fraction of sp³-hybridized carbons (Fsp3) is 0.312. The lowest BCUT2D eigenvalue weighted by Crippen LogP contribution is -2.17. The van der Waals surface area contributed by atoms with Gasteiger partial charge in [0.1, 0.15) is 0 Å². The molecule has 0 aliphatic carbocycles. The van der Waals surface area contributed by atoms with Crippen molar-refractivity contribution in [2.24, 2.45) is 5.10 Å². The number of aromatic nitrogens is 1. The first-order valence-corrected chi connectivity index (χ1v) is 6.62. The number of hydrazone groups is 1. The third-order valence-corrected chi connectivity index (χ3v) is 2.63. The second kappa shape index (κ2) is 8.80. The van der Waals surface area contributed by atoms with Crippen LogP contribution in [0.5, 0.6) is 0 Å². The van der Waals surface area contributed by atoms with Crippen LogP contribution < -0.4 is 5.43 Å². The van der Waals surface area contributed by atoms with Crippen LogP contribution in [0.1, 0.15) is 44.0 Å². The van der Waals surface area contributed by atoms with Crippen molar-refractivity contribution in [3.63, 3.8) is 0 Å². The van der Waals surface area contributed by atoms with E-state index in [1.54, 1.807) is 30.7 Å². The van der Waals surface area contributed by atoms with Crippen molar-refractivity contribution in [1.82, 2.24) is 10.4 Å². The number of allylic oxidation sites excluding steroid dienone is 4. The van der Waals surface area contributed by atoms with Crippen LogP contribution in [-0.2, 0) is 0 Å². The van der Waals surface area contributed by atoms with Gasteiger partial charge in [0.05, 0.1) is 0 Å². The topological polar surface area (TPSA) is 54.4 Å². The molecule has 0 aliphatic heterocycles. The molecule has 0 spiro atoms. The number of hydrogen-bond acceptors (Lipinski definition) is 3. The van der Waals surface area contributed by atoms with Gasteiger partial charge in [0, 0.05) is 24.2 Å². The monoisotopic (exact) mass is 271 g/mol. The molecule has 1 aromatic heterocycles. The molecule has 4 heteroatoms. The summed E-state index contributed by atoms with van der Waals surface area (Å²) < 4.78 is 0. The van der Waals surface area contributed by atoms with Gasteiger partial charge >= 0.3 is 0 Å². The summed E-state index contributed by atoms with van der Waals surface area (Å²) in [5, 5.41) is 3.89. The van der Waals surface area contributed by atoms with E-state index in [1.807, 2.05) is 6.08 Å². The lowest BCUT2D eigenvalue weighted by Gasteiger charge is -1.98. The fourth-order valence-corrected chi connectivity index (χ4v) is 1.50. The van der Waals surface area contributed by atoms with Gasteiger partial charge < -0.3 is 0 Å². The van der Waals surface area contributed by atoms with Crippen molar-refractivity contribution < 1.29 is 4.79 Å². The summed E-state index contributed by atoms with van der Waals surface area (Å²) in [6, 6.07) is 3.29. The number of carbonyl (C=O) groups is 1. The summed E-state index contributed by atoms with van der Waals surface area (Å²) in [5.41, 5.74) is 5.57. The Kier molecular flexibility index (Phi) is 6.96. The van der Waals surface area contributed by atoms with Gasteiger partial charge in [-0.15, -0.1) is 0 Å². The molecule has 0 radical (unpaired) electrons. The van der Waals surface area contributed by atoms with Gasteiger partial charge in [0.25, 0.3) is 5.91 Å². The zero-order valence-corrected chi connectivity index (χ0v) is 12.3. The predicted octanol–water partition coefficient (Wildman–Crippen LogP) is 3.49. The van der Waals surface area contributed by atoms with Gasteiger partial charge in [0.2, 0.25) is 0 Å². The summed E-state index contributed by atoms with van der Waals surface area (Å²) in [7, 11) is 0. The van der Waals surface area contributed by atoms with E-state index >= 15 is 0 Å². The Bertz CT molecular complexity index is 512. The van der Waals surface area contributed by atoms with Crippen LogP contribution in [0, 0.1) is 0 Å². The van der Waals surface area contributed by atoms with Crippen molar-refractivity contribution >= 4 is 12.1 Å². The largest absolute Gasteiger partial charge is 0.271 e. The molecular formula is C16H21N3O. The van der Waals surface area contributed by atoms with Gasteiger partial charge in [-0.25, -0.2) is 5.43 Å². The molecule has 0 bridgehead atoms. The molecule has 1 amide bonds. The van der Waals surface area contributed by atoms with E-state index in [9.17, 15) is 4.79 Å². The van der Waals surface area contributed by atoms with Crippen LogP contribution in [0.3, 0.4) is 0 Å². The van der Waals surface area contributed by atoms with Gasteiger partial charge in [-0.1, -0.05) is 17.2 Å². The Hall–Kier alpha value is -2.23. The number of nitrogens with zero attached hydrogens (tertiary/aromatic N) is 2. The molecule has 4 nitrogen and oxygen atoms in total. The molecule has 1 N–H and O–H groups in total. The van der Waals surface area contributed by atoms with Crippen molar-refractivity contribution in [2.75, 3.05) is 0 Å². The fourth-order valence-electron chi connectivity index (χ4n) is 1.50. The van der Waals surface area contributed by atoms with Gasteiger partial charge in [0.15, 0.2) is 0 Å². The van der Waals surface area contributed by atoms with Gasteiger partial charge in [-0.05, 0) is 51.8 Å². The molecule has 0 aromatic carbocycles. The Morgan fingerprint density at radius 2 is 2.00 bits per heavy atom. The molecule has 0 unspecified atom stereocenters. The summed E-state index contributed by atoms with van der Waals surface area (Å²) in [6.45, 7) is 6.24. The molecule has 0 aliphatic rings. The zero-order valence-electron chi connectivity index (χ0n) is 12.3. The van der Waals surface area contributed by atoms with Gasteiger partial charge in [-0.2, -0.15) is 5.10 Å². The van der Waals surface area contributed by atoms with Crippen molar-refractivity contribution in [1.29, 1.82) is 0 Å². The second-order valence-electron chi connectivity index (χ2n) is 4.79. The van der Waals surface area contributed by atoms with E-state index in [0.717, 1.165) is 12.8 Å². The molecule has 0 saturated carbocycles. The maximum absolute atomic E-state index is 11.7. The molecule has 106 valence electrons. The number of amides is 1. The summed E-state index contributed by atoms with van der Waals surface area (Å²) in [6.07, 6.45) is 10.9. The second-order valence-corrected chi connectivity index (χ2v) is 4.79. The predicted molar refractivity (Wildman–Crippen MR) is 82.6 cm³/mol. The summed E-state index contributed by atoms with van der Waals surface area (Å²) >= 11 is 0. The third-order valence-electron chi connectivity index (χ3n) is 2.63. The lowest BCUT2D eigenvalue weighted by atomic mass is 10.1. The molecule has 0 atom stereocenters. The van der Waals surface area contributed by atoms with Crippen molar-refractivity contribution in [3.8, 4) is 0 Å². The molecule has 0 fully saturated rings. The highest BCUT2D eigenvalue weighted by Gasteiger charge is 2.01. The minimum absolute atomic E-state index is 0.237. The van der Waals surface area contributed by atoms with Crippen LogP contribution in [0.4, 0.5) is 0 Å². The number of carbonyl (C=O) groups excluding carboxylic acids is 1. The molecule has 0 saturated heterocycles. The SMILES string of the molecule is CC(C)=CCC/C(C)=C\C=NNC(=O)c1ccncc1. The van der Waals surface area contributed by atoms with Crippen LogP contribution in [0.15, 0.2) is 52.9 Å². The Balaban J connectivity index is 2.37. The van der Waals surface area contributed by atoms with Crippen LogP contribution in [0.2, 0.25) is 0 Å². The molecule has 1 aromatic rings. The quantitative estimate of drug-likeness (QED) is 0.489. The summed E-state index contributed by atoms with van der Waals surface area (Å²) in [4.78, 5) is 15.5. The van der Waals surface area contributed by atoms with E-state index in [4.69, 9.17) is 0 Å². The average molecular weight is 271 g/mol. The van der Waals surface area contributed by atoms with Crippen molar-refractivity contribution in [3.05, 3.63) is 53.4 Å². The van der Waals surface area contributed by atoms with E-state index in [1.165, 1.54) is 11.1 Å². The Morgan fingerprint density at radius 1 is 1.30 bits per heavy atom. The highest BCUT2D eigenvalue weighted by atomic mass is 16.2. The van der Waals surface area contributed by atoms with Crippen LogP contribution in [-0.4, -0.2) is 17.1 Å². The van der Waals surface area contributed by atoms with Gasteiger partial charge in [-0.3, -0.25) is 9.78 Å². The highest BCUT2D eigenvalue weighted by Crippen LogP contribution is 2.05. The Labute approximate surface area is 120 Å². The Morgan fingerprint density at radius 3 is 2.65 bits per heavy atom. The van der Waals surface area contributed by atoms with E-state index in [2.05, 4.69) is 42.4 Å². The average Bonchev–Trinajstić information content (AvgIpc) is 2.44. The molecule has 1 rings (SSSR count). The highest BCUT2D eigenvalue weighted by molar-refractivity contribution is 5.94. The summed E-state index contributed by atoms with van der Waals surface area (Å²) in [5.74, 6) is -0.237. The van der Waals surface area contributed by atoms with Crippen LogP contribution >= 0.6 is 0 Å². The third kappa shape index (κ3) is 6.64. The number of hydrogen-bond donors (Lipinski definition) is 1. The number of nitrogens with one attached hydrogen (secondary N) is 1. The number of pyridine rings is 1. The maximum Gasteiger partial charge on any atom is 0.271 e.